The molecule has 0 saturated carbocycles. The van der Waals surface area contributed by atoms with Crippen LogP contribution in [0.15, 0.2) is 4.99 Å². The summed E-state index contributed by atoms with van der Waals surface area (Å²) in [6, 6.07) is -0.604. The number of hydrogen-bond acceptors (Lipinski definition) is 5. The monoisotopic (exact) mass is 288 g/mol. The molecule has 0 bridgehead atoms. The molecule has 0 aromatic carbocycles. The molecule has 116 valence electrons. The molecule has 0 saturated heterocycles. The molecule has 0 unspecified atom stereocenters. The first kappa shape index (κ1) is 18.1. The smallest absolute Gasteiger partial charge is 0.243 e. The Bertz CT molecular complexity index is 345. The maximum atomic E-state index is 11.6. The van der Waals surface area contributed by atoms with Crippen LogP contribution in [-0.4, -0.2) is 36.0 Å². The third kappa shape index (κ3) is 10.1. The van der Waals surface area contributed by atoms with Gasteiger partial charge in [-0.05, 0) is 25.2 Å². The molecular formula is C11H24N6O3. The lowest BCUT2D eigenvalue weighted by Gasteiger charge is -2.13. The second-order valence-corrected chi connectivity index (χ2v) is 4.86. The fraction of sp³-hybridized carbons (Fsp3) is 0.818. The molecule has 0 fully saturated rings. The Morgan fingerprint density at radius 3 is 2.60 bits per heavy atom. The van der Waals surface area contributed by atoms with Crippen molar-refractivity contribution in [2.24, 2.45) is 22.4 Å². The number of carbonyl (C=O) groups excluding carboxylic acids is 1. The van der Waals surface area contributed by atoms with Crippen LogP contribution >= 0.6 is 0 Å². The van der Waals surface area contributed by atoms with Crippen molar-refractivity contribution in [1.29, 1.82) is 0 Å². The maximum Gasteiger partial charge on any atom is 0.243 e. The Morgan fingerprint density at radius 2 is 2.05 bits per heavy atom. The zero-order chi connectivity index (χ0) is 15.5. The SMILES string of the molecule is CC(C)C[C@H](N)C(=O)NC(N)=NCCCCN[N+](=O)[O-]. The predicted molar refractivity (Wildman–Crippen MR) is 76.3 cm³/mol. The summed E-state index contributed by atoms with van der Waals surface area (Å²) in [5.41, 5.74) is 13.3. The van der Waals surface area contributed by atoms with Crippen molar-refractivity contribution in [1.82, 2.24) is 10.7 Å². The Balaban J connectivity index is 3.84. The lowest BCUT2D eigenvalue weighted by atomic mass is 10.0. The van der Waals surface area contributed by atoms with Gasteiger partial charge in [0, 0.05) is 6.54 Å². The van der Waals surface area contributed by atoms with E-state index in [0.29, 0.717) is 31.7 Å². The minimum atomic E-state index is -0.604. The first-order valence-corrected chi connectivity index (χ1v) is 6.57. The van der Waals surface area contributed by atoms with Crippen molar-refractivity contribution in [3.63, 3.8) is 0 Å². The van der Waals surface area contributed by atoms with Crippen LogP contribution in [0.5, 0.6) is 0 Å². The van der Waals surface area contributed by atoms with Gasteiger partial charge in [0.05, 0.1) is 12.6 Å². The van der Waals surface area contributed by atoms with E-state index in [0.717, 1.165) is 0 Å². The Kier molecular flexibility index (Phi) is 9.01. The van der Waals surface area contributed by atoms with Gasteiger partial charge >= 0.3 is 0 Å². The van der Waals surface area contributed by atoms with E-state index < -0.39 is 11.1 Å². The van der Waals surface area contributed by atoms with Gasteiger partial charge in [-0.1, -0.05) is 13.8 Å². The summed E-state index contributed by atoms with van der Waals surface area (Å²) < 4.78 is 0. The number of hydrogen-bond donors (Lipinski definition) is 4. The predicted octanol–water partition coefficient (Wildman–Crippen LogP) is -0.648. The number of unbranched alkanes of at least 4 members (excludes halogenated alkanes) is 1. The molecular weight excluding hydrogens is 264 g/mol. The van der Waals surface area contributed by atoms with Gasteiger partial charge in [0.2, 0.25) is 5.91 Å². The summed E-state index contributed by atoms with van der Waals surface area (Å²) in [4.78, 5) is 25.6. The highest BCUT2D eigenvalue weighted by Gasteiger charge is 2.15. The molecule has 0 aliphatic rings. The molecule has 0 aliphatic carbocycles. The highest BCUT2D eigenvalue weighted by Crippen LogP contribution is 2.02. The second-order valence-electron chi connectivity index (χ2n) is 4.86. The van der Waals surface area contributed by atoms with Gasteiger partial charge in [-0.2, -0.15) is 0 Å². The number of aliphatic imine (C=N–C) groups is 1. The fourth-order valence-corrected chi connectivity index (χ4v) is 1.48. The zero-order valence-corrected chi connectivity index (χ0v) is 12.0. The first-order valence-electron chi connectivity index (χ1n) is 6.57. The van der Waals surface area contributed by atoms with E-state index in [-0.39, 0.29) is 18.4 Å². The van der Waals surface area contributed by atoms with Crippen LogP contribution in [0.25, 0.3) is 0 Å². The first-order chi connectivity index (χ1) is 9.32. The molecule has 0 aliphatic heterocycles. The van der Waals surface area contributed by atoms with Crippen LogP contribution in [0.1, 0.15) is 33.1 Å². The van der Waals surface area contributed by atoms with Crippen molar-refractivity contribution in [2.75, 3.05) is 13.1 Å². The third-order valence-corrected chi connectivity index (χ3v) is 2.42. The zero-order valence-electron chi connectivity index (χ0n) is 12.0. The van der Waals surface area contributed by atoms with E-state index in [1.807, 2.05) is 13.8 Å². The molecule has 0 aromatic rings. The number of nitrogens with one attached hydrogen (secondary N) is 2. The maximum absolute atomic E-state index is 11.6. The number of guanidine groups is 1. The molecule has 1 atom stereocenters. The lowest BCUT2D eigenvalue weighted by Crippen LogP contribution is -2.46. The molecule has 6 N–H and O–H groups in total. The molecule has 9 nitrogen and oxygen atoms in total. The van der Waals surface area contributed by atoms with E-state index in [1.165, 1.54) is 0 Å². The number of rotatable bonds is 9. The average Bonchev–Trinajstić information content (AvgIpc) is 2.32. The van der Waals surface area contributed by atoms with Gasteiger partial charge < -0.3 is 11.5 Å². The Labute approximate surface area is 118 Å². The molecule has 20 heavy (non-hydrogen) atoms. The van der Waals surface area contributed by atoms with Crippen LogP contribution in [0.2, 0.25) is 0 Å². The normalized spacial score (nSPS) is 13.1. The second kappa shape index (κ2) is 9.96. The van der Waals surface area contributed by atoms with Gasteiger partial charge in [-0.15, -0.1) is 5.43 Å². The lowest BCUT2D eigenvalue weighted by molar-refractivity contribution is -0.544. The topological polar surface area (TPSA) is 149 Å². The molecule has 9 heteroatoms. The summed E-state index contributed by atoms with van der Waals surface area (Å²) >= 11 is 0. The number of nitrogens with two attached hydrogens (primary N) is 2. The van der Waals surface area contributed by atoms with Crippen molar-refractivity contribution in [2.45, 2.75) is 39.2 Å². The number of nitro groups is 1. The fourth-order valence-electron chi connectivity index (χ4n) is 1.48. The van der Waals surface area contributed by atoms with Crippen LogP contribution in [0.3, 0.4) is 0 Å². The summed E-state index contributed by atoms with van der Waals surface area (Å²) in [6.45, 7) is 4.62. The Hall–Kier alpha value is -1.90. The summed E-state index contributed by atoms with van der Waals surface area (Å²) in [5.74, 6) is -0.00517. The number of hydrazine groups is 1. The van der Waals surface area contributed by atoms with Crippen molar-refractivity contribution in [3.05, 3.63) is 10.1 Å². The largest absolute Gasteiger partial charge is 0.370 e. The minimum absolute atomic E-state index is 0.0245. The van der Waals surface area contributed by atoms with Crippen molar-refractivity contribution in [3.8, 4) is 0 Å². The highest BCUT2D eigenvalue weighted by atomic mass is 16.7. The quantitative estimate of drug-likeness (QED) is 0.146. The van der Waals surface area contributed by atoms with Crippen LogP contribution in [0.4, 0.5) is 0 Å². The summed E-state index contributed by atoms with van der Waals surface area (Å²) in [6.07, 6.45) is 1.81. The van der Waals surface area contributed by atoms with Crippen molar-refractivity contribution >= 4 is 11.9 Å². The van der Waals surface area contributed by atoms with Gasteiger partial charge in [-0.25, -0.2) is 10.1 Å². The van der Waals surface area contributed by atoms with Gasteiger partial charge in [0.1, 0.15) is 0 Å². The molecule has 0 spiro atoms. The average molecular weight is 288 g/mol. The van der Waals surface area contributed by atoms with E-state index in [9.17, 15) is 14.9 Å². The third-order valence-electron chi connectivity index (χ3n) is 2.42. The van der Waals surface area contributed by atoms with E-state index >= 15 is 0 Å². The molecule has 0 aromatic heterocycles. The van der Waals surface area contributed by atoms with Gasteiger partial charge in [0.25, 0.3) is 0 Å². The van der Waals surface area contributed by atoms with Crippen LogP contribution < -0.4 is 22.2 Å². The Morgan fingerprint density at radius 1 is 1.40 bits per heavy atom. The highest BCUT2D eigenvalue weighted by molar-refractivity contribution is 5.98. The van der Waals surface area contributed by atoms with Gasteiger partial charge in [-0.3, -0.25) is 15.1 Å². The van der Waals surface area contributed by atoms with Crippen LogP contribution in [-0.2, 0) is 4.79 Å². The number of nitrogens with zero attached hydrogens (tertiary/aromatic N) is 2. The molecule has 0 radical (unpaired) electrons. The summed E-state index contributed by atoms with van der Waals surface area (Å²) in [5, 5.41) is 11.8. The number of amides is 1. The number of carbonyl (C=O) groups is 1. The summed E-state index contributed by atoms with van der Waals surface area (Å²) in [7, 11) is 0. The van der Waals surface area contributed by atoms with E-state index in [2.05, 4.69) is 15.7 Å². The van der Waals surface area contributed by atoms with Crippen LogP contribution in [0, 0.1) is 16.0 Å². The van der Waals surface area contributed by atoms with E-state index in [4.69, 9.17) is 11.5 Å². The molecule has 0 heterocycles. The van der Waals surface area contributed by atoms with Gasteiger partial charge in [0.15, 0.2) is 11.0 Å². The standard InChI is InChI=1S/C11H24N6O3/c1-8(2)7-9(12)10(18)16-11(13)14-5-3-4-6-15-17(19)20/h8-9,15H,3-7,12H2,1-2H3,(H3,13,14,16,18)/t9-/m0/s1. The van der Waals surface area contributed by atoms with E-state index in [1.54, 1.807) is 0 Å². The minimum Gasteiger partial charge on any atom is -0.370 e. The molecule has 1 amide bonds. The van der Waals surface area contributed by atoms with Crippen molar-refractivity contribution < 1.29 is 9.83 Å². The molecule has 0 rings (SSSR count).